The molecule has 3 aliphatic heterocycles. The number of aromatic nitrogens is 3. The quantitative estimate of drug-likeness (QED) is 0.0437. The molecule has 1 unspecified atom stereocenters. The number of nitrogens with zero attached hydrogens (tertiary/aromatic N) is 8. The molecule has 2 amide bonds. The maximum Gasteiger partial charge on any atom is 0.574 e. The van der Waals surface area contributed by atoms with Gasteiger partial charge in [0, 0.05) is 107 Å². The Labute approximate surface area is 440 Å². The van der Waals surface area contributed by atoms with Crippen LogP contribution in [0.25, 0.3) is 32.9 Å². The van der Waals surface area contributed by atoms with Gasteiger partial charge in [-0.2, -0.15) is 9.97 Å². The van der Waals surface area contributed by atoms with Gasteiger partial charge in [-0.1, -0.05) is 38.8 Å². The van der Waals surface area contributed by atoms with Crippen LogP contribution in [0.4, 0.5) is 33.5 Å². The normalized spacial score (nSPS) is 17.5. The average Bonchev–Trinajstić information content (AvgIpc) is 4.09. The van der Waals surface area contributed by atoms with Crippen molar-refractivity contribution < 1.29 is 46.1 Å². The lowest BCUT2D eigenvalue weighted by Crippen LogP contribution is -2.50. The monoisotopic (exact) mass is 1050 g/mol. The van der Waals surface area contributed by atoms with E-state index in [1.807, 2.05) is 32.9 Å². The van der Waals surface area contributed by atoms with Gasteiger partial charge >= 0.3 is 12.4 Å². The average molecular weight is 1050 g/mol. The predicted octanol–water partition coefficient (Wildman–Crippen LogP) is 9.31. The summed E-state index contributed by atoms with van der Waals surface area (Å²) in [7, 11) is 1.59. The van der Waals surface area contributed by atoms with Crippen molar-refractivity contribution in [1.82, 2.24) is 35.0 Å². The Morgan fingerprint density at radius 1 is 1.01 bits per heavy atom. The molecule has 2 saturated heterocycles. The number of aromatic hydroxyl groups is 1. The number of phenolic OH excluding ortho intramolecular Hbond substituents is 1. The highest BCUT2D eigenvalue weighted by atomic mass is 19.4. The molecule has 5 aromatic rings. The third-order valence-corrected chi connectivity index (χ3v) is 15.2. The molecule has 5 heterocycles. The number of halogens is 5. The molecule has 4 aliphatic rings. The summed E-state index contributed by atoms with van der Waals surface area (Å²) < 4.78 is 86.5. The van der Waals surface area contributed by atoms with Crippen LogP contribution in [0.2, 0.25) is 0 Å². The number of benzene rings is 3. The van der Waals surface area contributed by atoms with Crippen LogP contribution in [0.3, 0.4) is 0 Å². The summed E-state index contributed by atoms with van der Waals surface area (Å²) in [6.07, 6.45) is 7.77. The number of pyridine rings is 1. The molecule has 19 heteroatoms. The van der Waals surface area contributed by atoms with Crippen LogP contribution in [0.1, 0.15) is 87.2 Å². The number of hydrogen-bond acceptors (Lipinski definition) is 12. The van der Waals surface area contributed by atoms with Crippen LogP contribution in [-0.4, -0.2) is 138 Å². The number of alkyl halides is 3. The molecular weight excluding hydrogens is 986 g/mol. The summed E-state index contributed by atoms with van der Waals surface area (Å²) in [6.45, 7) is 18.0. The van der Waals surface area contributed by atoms with Crippen molar-refractivity contribution in [3.8, 4) is 41.2 Å². The number of piperidine rings is 1. The van der Waals surface area contributed by atoms with Crippen LogP contribution < -0.4 is 24.6 Å². The van der Waals surface area contributed by atoms with E-state index in [2.05, 4.69) is 58.3 Å². The first kappa shape index (κ1) is 54.0. The van der Waals surface area contributed by atoms with Gasteiger partial charge in [-0.25, -0.2) is 13.8 Å². The summed E-state index contributed by atoms with van der Waals surface area (Å²) in [5, 5.41) is 13.2. The lowest BCUT2D eigenvalue weighted by Gasteiger charge is -2.40. The fourth-order valence-electron chi connectivity index (χ4n) is 11.2. The van der Waals surface area contributed by atoms with E-state index in [0.717, 1.165) is 101 Å². The number of allylic oxidation sites excluding steroid dienone is 1. The van der Waals surface area contributed by atoms with E-state index in [4.69, 9.17) is 11.2 Å². The maximum absolute atomic E-state index is 17.4. The number of terminal acetylenes is 1. The minimum atomic E-state index is -5.28. The number of carbonyl (C=O) groups is 2. The highest BCUT2D eigenvalue weighted by molar-refractivity contribution is 6.04. The van der Waals surface area contributed by atoms with Crippen molar-refractivity contribution >= 4 is 45.0 Å². The van der Waals surface area contributed by atoms with Gasteiger partial charge in [0.15, 0.2) is 5.82 Å². The molecule has 14 nitrogen and oxygen atoms in total. The Morgan fingerprint density at radius 3 is 2.41 bits per heavy atom. The van der Waals surface area contributed by atoms with E-state index in [-0.39, 0.29) is 69.2 Å². The van der Waals surface area contributed by atoms with E-state index in [0.29, 0.717) is 50.4 Å². The molecule has 3 aromatic carbocycles. The molecule has 0 radical (unpaired) electrons. The van der Waals surface area contributed by atoms with E-state index in [1.54, 1.807) is 22.9 Å². The van der Waals surface area contributed by atoms with Gasteiger partial charge in [0.1, 0.15) is 40.0 Å². The second-order valence-corrected chi connectivity index (χ2v) is 21.2. The third-order valence-electron chi connectivity index (χ3n) is 15.2. The second kappa shape index (κ2) is 22.4. The number of rotatable bonds is 20. The summed E-state index contributed by atoms with van der Waals surface area (Å²) >= 11 is 0. The first-order valence-corrected chi connectivity index (χ1v) is 26.3. The van der Waals surface area contributed by atoms with E-state index < -0.39 is 46.5 Å². The number of amides is 2. The van der Waals surface area contributed by atoms with Crippen molar-refractivity contribution in [2.75, 3.05) is 88.9 Å². The Hall–Kier alpha value is -6.78. The number of nitrogens with one attached hydrogen (secondary N) is 1. The van der Waals surface area contributed by atoms with Gasteiger partial charge < -0.3 is 44.4 Å². The number of phenols is 1. The summed E-state index contributed by atoms with van der Waals surface area (Å²) in [5.41, 5.74) is 0.643. The second-order valence-electron chi connectivity index (χ2n) is 21.2. The van der Waals surface area contributed by atoms with Gasteiger partial charge in [0.05, 0.1) is 12.2 Å². The van der Waals surface area contributed by atoms with Crippen molar-refractivity contribution in [2.24, 2.45) is 17.3 Å². The molecule has 9 rings (SSSR count). The predicted molar refractivity (Wildman–Crippen MR) is 282 cm³/mol. The zero-order valence-corrected chi connectivity index (χ0v) is 43.6. The van der Waals surface area contributed by atoms with Gasteiger partial charge in [0.2, 0.25) is 11.8 Å². The number of carbonyl (C=O) groups excluding carboxylic acids is 2. The number of hydrogen-bond donors (Lipinski definition) is 2. The SMILES string of the molecule is C#Cc1c(F)ccc2cc(O)cc(-c3nc(OC(F)(F)F)c4c(N(CCC)CC(C)C)nc(OCC5(CN6CCN(CC7CCN(c8ccc9c(c8)CN(C(CCC=C)C(=O)NC)C9=O)CC7)CC6)CC5)nc4c3F)c12. The van der Waals surface area contributed by atoms with E-state index in [9.17, 15) is 27.9 Å². The molecule has 1 atom stereocenters. The zero-order chi connectivity index (χ0) is 54.1. The van der Waals surface area contributed by atoms with Crippen LogP contribution in [0.15, 0.2) is 55.1 Å². The standard InChI is InChI=1S/C57H66F5N9O5/c1-7-10-11-45(52(73)63-6)71-32-38-27-39(13-14-42(38)54(71)74)69-21-16-36(17-22-69)31-67-23-25-68(26-24-67)33-56(18-19-56)34-75-55-65-50-47(51(66-55)70(20-8-2)30-35(4)5)53(76-57(60,61)62)64-49(48(50)59)43-29-40(72)28-37-12-15-44(58)41(9-3)46(37)43/h3,7,12-15,27-29,35-36,45,72H,1,8,10-11,16-26,30-34H2,2,4-6H3,(H,63,73). The number of likely N-dealkylation sites (N-methyl/N-ethyl adjacent to an activating group) is 1. The highest BCUT2D eigenvalue weighted by Gasteiger charge is 2.46. The molecule has 404 valence electrons. The van der Waals surface area contributed by atoms with Crippen molar-refractivity contribution in [3.05, 3.63) is 83.4 Å². The number of fused-ring (bicyclic) bond motifs is 3. The smallest absolute Gasteiger partial charge is 0.508 e. The molecular formula is C57H66F5N9O5. The van der Waals surface area contributed by atoms with E-state index >= 15 is 8.78 Å². The van der Waals surface area contributed by atoms with Crippen LogP contribution in [0.5, 0.6) is 17.6 Å². The largest absolute Gasteiger partial charge is 0.574 e. The van der Waals surface area contributed by atoms with Gasteiger partial charge in [-0.05, 0) is 104 Å². The van der Waals surface area contributed by atoms with Crippen molar-refractivity contribution in [3.63, 3.8) is 0 Å². The Kier molecular flexibility index (Phi) is 15.9. The topological polar surface area (TPSA) is 140 Å². The van der Waals surface area contributed by atoms with Gasteiger partial charge in [-0.3, -0.25) is 9.59 Å². The Balaban J connectivity index is 0.874. The zero-order valence-electron chi connectivity index (χ0n) is 43.6. The molecule has 2 aromatic heterocycles. The maximum atomic E-state index is 17.4. The first-order chi connectivity index (χ1) is 36.4. The highest BCUT2D eigenvalue weighted by Crippen LogP contribution is 2.48. The van der Waals surface area contributed by atoms with E-state index in [1.165, 1.54) is 12.1 Å². The third kappa shape index (κ3) is 11.6. The molecule has 0 spiro atoms. The number of ether oxygens (including phenoxy) is 2. The fourth-order valence-corrected chi connectivity index (χ4v) is 11.2. The van der Waals surface area contributed by atoms with Crippen molar-refractivity contribution in [2.45, 2.75) is 84.7 Å². The van der Waals surface area contributed by atoms with Crippen LogP contribution in [0, 0.1) is 41.2 Å². The van der Waals surface area contributed by atoms with Gasteiger partial charge in [-0.15, -0.1) is 26.2 Å². The summed E-state index contributed by atoms with van der Waals surface area (Å²) in [4.78, 5) is 50.2. The molecule has 1 aliphatic carbocycles. The molecule has 3 fully saturated rings. The minimum absolute atomic E-state index is 0.0119. The number of piperazine rings is 1. The minimum Gasteiger partial charge on any atom is -0.508 e. The van der Waals surface area contributed by atoms with Crippen molar-refractivity contribution in [1.29, 1.82) is 0 Å². The molecule has 1 saturated carbocycles. The van der Waals surface area contributed by atoms with Crippen LogP contribution in [-0.2, 0) is 11.3 Å². The number of anilines is 2. The van der Waals surface area contributed by atoms with Crippen LogP contribution >= 0.6 is 0 Å². The Bertz CT molecular complexity index is 3040. The molecule has 0 bridgehead atoms. The first-order valence-electron chi connectivity index (χ1n) is 26.3. The lowest BCUT2D eigenvalue weighted by molar-refractivity contribution is -0.275. The summed E-state index contributed by atoms with van der Waals surface area (Å²) in [6, 6.07) is 10.0. The Morgan fingerprint density at radius 2 is 1.75 bits per heavy atom. The lowest BCUT2D eigenvalue weighted by atomic mass is 9.95. The fraction of sp³-hybridized carbons (Fsp3) is 0.491. The summed E-state index contributed by atoms with van der Waals surface area (Å²) in [5.74, 6) is -0.931. The molecule has 76 heavy (non-hydrogen) atoms. The molecule has 2 N–H and O–H groups in total. The van der Waals surface area contributed by atoms with Gasteiger partial charge in [0.25, 0.3) is 5.91 Å².